The standard InChI is InChI=1S/C20H33N3O2.ClH/c1-4-25-19-7-5-18(6-8-19)15-22(3)20(24)16-23-13-10-17(11-14-23)9-12-21-2;/h5-8,17,21H,4,9-16H2,1-3H3;1H. The van der Waals surface area contributed by atoms with Gasteiger partial charge in [-0.15, -0.1) is 12.4 Å². The monoisotopic (exact) mass is 383 g/mol. The van der Waals surface area contributed by atoms with Gasteiger partial charge >= 0.3 is 0 Å². The van der Waals surface area contributed by atoms with E-state index in [1.54, 1.807) is 0 Å². The lowest BCUT2D eigenvalue weighted by atomic mass is 9.93. The van der Waals surface area contributed by atoms with Crippen molar-refractivity contribution in [2.75, 3.05) is 46.9 Å². The van der Waals surface area contributed by atoms with Crippen LogP contribution in [0.2, 0.25) is 0 Å². The molecule has 1 heterocycles. The van der Waals surface area contributed by atoms with Crippen LogP contribution in [-0.2, 0) is 11.3 Å². The van der Waals surface area contributed by atoms with Gasteiger partial charge in [0.15, 0.2) is 0 Å². The third kappa shape index (κ3) is 7.52. The van der Waals surface area contributed by atoms with Gasteiger partial charge in [-0.05, 0) is 76.5 Å². The second kappa shape index (κ2) is 12.2. The third-order valence-electron chi connectivity index (χ3n) is 4.95. The van der Waals surface area contributed by atoms with Crippen LogP contribution >= 0.6 is 12.4 Å². The van der Waals surface area contributed by atoms with Crippen LogP contribution in [0.15, 0.2) is 24.3 Å². The van der Waals surface area contributed by atoms with Crippen molar-refractivity contribution in [3.63, 3.8) is 0 Å². The van der Waals surface area contributed by atoms with Crippen molar-refractivity contribution in [3.05, 3.63) is 29.8 Å². The highest BCUT2D eigenvalue weighted by atomic mass is 35.5. The summed E-state index contributed by atoms with van der Waals surface area (Å²) < 4.78 is 5.46. The van der Waals surface area contributed by atoms with Gasteiger partial charge in [0.25, 0.3) is 0 Å². The van der Waals surface area contributed by atoms with Gasteiger partial charge in [-0.25, -0.2) is 0 Å². The number of nitrogens with one attached hydrogen (secondary N) is 1. The molecule has 1 N–H and O–H groups in total. The van der Waals surface area contributed by atoms with Crippen molar-refractivity contribution in [1.82, 2.24) is 15.1 Å². The fraction of sp³-hybridized carbons (Fsp3) is 0.650. The molecule has 1 amide bonds. The van der Waals surface area contributed by atoms with Crippen LogP contribution in [0.5, 0.6) is 5.75 Å². The van der Waals surface area contributed by atoms with E-state index in [0.717, 1.165) is 36.9 Å². The molecule has 0 spiro atoms. The highest BCUT2D eigenvalue weighted by molar-refractivity contribution is 5.85. The maximum absolute atomic E-state index is 12.5. The van der Waals surface area contributed by atoms with E-state index in [2.05, 4.69) is 10.2 Å². The molecule has 0 bridgehead atoms. The number of amides is 1. The van der Waals surface area contributed by atoms with Crippen molar-refractivity contribution in [2.45, 2.75) is 32.7 Å². The van der Waals surface area contributed by atoms with E-state index in [1.165, 1.54) is 19.3 Å². The zero-order valence-corrected chi connectivity index (χ0v) is 17.2. The van der Waals surface area contributed by atoms with Crippen LogP contribution < -0.4 is 10.1 Å². The molecule has 0 unspecified atom stereocenters. The number of carbonyl (C=O) groups excluding carboxylic acids is 1. The van der Waals surface area contributed by atoms with Gasteiger partial charge in [-0.1, -0.05) is 12.1 Å². The van der Waals surface area contributed by atoms with Gasteiger partial charge in [0.2, 0.25) is 5.91 Å². The van der Waals surface area contributed by atoms with E-state index < -0.39 is 0 Å². The summed E-state index contributed by atoms with van der Waals surface area (Å²) in [6, 6.07) is 7.99. The van der Waals surface area contributed by atoms with Gasteiger partial charge in [-0.2, -0.15) is 0 Å². The summed E-state index contributed by atoms with van der Waals surface area (Å²) in [5, 5.41) is 3.22. The van der Waals surface area contributed by atoms with Crippen molar-refractivity contribution < 1.29 is 9.53 Å². The van der Waals surface area contributed by atoms with E-state index in [9.17, 15) is 4.79 Å². The molecule has 1 aromatic rings. The minimum absolute atomic E-state index is 0. The number of benzene rings is 1. The first-order valence-corrected chi connectivity index (χ1v) is 9.45. The average molecular weight is 384 g/mol. The van der Waals surface area contributed by atoms with Gasteiger partial charge in [0, 0.05) is 13.6 Å². The minimum atomic E-state index is 0. The van der Waals surface area contributed by atoms with Gasteiger partial charge in [0.1, 0.15) is 5.75 Å². The van der Waals surface area contributed by atoms with Crippen LogP contribution in [0, 0.1) is 5.92 Å². The zero-order valence-electron chi connectivity index (χ0n) is 16.4. The zero-order chi connectivity index (χ0) is 18.1. The molecule has 5 nitrogen and oxygen atoms in total. The Kier molecular flexibility index (Phi) is 10.6. The summed E-state index contributed by atoms with van der Waals surface area (Å²) in [6.45, 7) is 6.99. The fourth-order valence-electron chi connectivity index (χ4n) is 3.31. The molecular weight excluding hydrogens is 350 g/mol. The number of rotatable bonds is 9. The van der Waals surface area contributed by atoms with Crippen molar-refractivity contribution >= 4 is 18.3 Å². The number of piperidine rings is 1. The number of likely N-dealkylation sites (tertiary alicyclic amines) is 1. The van der Waals surface area contributed by atoms with Crippen LogP contribution in [0.3, 0.4) is 0 Å². The largest absolute Gasteiger partial charge is 0.494 e. The van der Waals surface area contributed by atoms with Crippen LogP contribution in [0.4, 0.5) is 0 Å². The molecule has 26 heavy (non-hydrogen) atoms. The summed E-state index contributed by atoms with van der Waals surface area (Å²) in [7, 11) is 3.90. The van der Waals surface area contributed by atoms with E-state index >= 15 is 0 Å². The topological polar surface area (TPSA) is 44.8 Å². The Balaban J connectivity index is 0.00000338. The highest BCUT2D eigenvalue weighted by Crippen LogP contribution is 2.20. The minimum Gasteiger partial charge on any atom is -0.494 e. The van der Waals surface area contributed by atoms with Crippen LogP contribution in [-0.4, -0.2) is 62.6 Å². The molecule has 148 valence electrons. The molecule has 1 aliphatic rings. The predicted octanol–water partition coefficient (Wildman–Crippen LogP) is 2.79. The number of nitrogens with zero attached hydrogens (tertiary/aromatic N) is 2. The number of carbonyl (C=O) groups is 1. The third-order valence-corrected chi connectivity index (χ3v) is 4.95. The Morgan fingerprint density at radius 1 is 1.27 bits per heavy atom. The number of halogens is 1. The van der Waals surface area contributed by atoms with Crippen LogP contribution in [0.1, 0.15) is 31.7 Å². The molecule has 1 aliphatic heterocycles. The molecule has 1 aromatic carbocycles. The molecule has 1 fully saturated rings. The first kappa shape index (κ1) is 22.7. The van der Waals surface area contributed by atoms with Gasteiger partial charge in [0.05, 0.1) is 13.2 Å². The number of likely N-dealkylation sites (N-methyl/N-ethyl adjacent to an activating group) is 1. The van der Waals surface area contributed by atoms with Crippen molar-refractivity contribution in [2.24, 2.45) is 5.92 Å². The lowest BCUT2D eigenvalue weighted by molar-refractivity contribution is -0.132. The highest BCUT2D eigenvalue weighted by Gasteiger charge is 2.21. The normalized spacial score (nSPS) is 15.3. The second-order valence-electron chi connectivity index (χ2n) is 6.94. The molecule has 0 aliphatic carbocycles. The van der Waals surface area contributed by atoms with Crippen molar-refractivity contribution in [3.8, 4) is 5.75 Å². The van der Waals surface area contributed by atoms with Gasteiger partial charge in [-0.3, -0.25) is 9.69 Å². The van der Waals surface area contributed by atoms with E-state index in [4.69, 9.17) is 4.74 Å². The smallest absolute Gasteiger partial charge is 0.236 e. The molecule has 0 aromatic heterocycles. The average Bonchev–Trinajstić information content (AvgIpc) is 2.63. The SMILES string of the molecule is CCOc1ccc(CN(C)C(=O)CN2CCC(CCNC)CC2)cc1.Cl. The van der Waals surface area contributed by atoms with E-state index in [0.29, 0.717) is 19.7 Å². The van der Waals surface area contributed by atoms with Crippen LogP contribution in [0.25, 0.3) is 0 Å². The van der Waals surface area contributed by atoms with Gasteiger partial charge < -0.3 is 15.0 Å². The number of ether oxygens (including phenoxy) is 1. The second-order valence-corrected chi connectivity index (χ2v) is 6.94. The summed E-state index contributed by atoms with van der Waals surface area (Å²) in [6.07, 6.45) is 3.66. The van der Waals surface area contributed by atoms with E-state index in [1.807, 2.05) is 50.2 Å². The number of hydrogen-bond donors (Lipinski definition) is 1. The quantitative estimate of drug-likeness (QED) is 0.712. The first-order valence-electron chi connectivity index (χ1n) is 9.45. The number of hydrogen-bond acceptors (Lipinski definition) is 4. The lowest BCUT2D eigenvalue weighted by Gasteiger charge is -2.32. The lowest BCUT2D eigenvalue weighted by Crippen LogP contribution is -2.42. The molecule has 1 saturated heterocycles. The molecule has 0 radical (unpaired) electrons. The fourth-order valence-corrected chi connectivity index (χ4v) is 3.31. The first-order chi connectivity index (χ1) is 12.1. The summed E-state index contributed by atoms with van der Waals surface area (Å²) in [5.41, 5.74) is 1.13. The Labute approximate surface area is 164 Å². The predicted molar refractivity (Wildman–Crippen MR) is 109 cm³/mol. The maximum Gasteiger partial charge on any atom is 0.236 e. The Morgan fingerprint density at radius 2 is 1.92 bits per heavy atom. The Hall–Kier alpha value is -1.30. The summed E-state index contributed by atoms with van der Waals surface area (Å²) >= 11 is 0. The molecule has 0 saturated carbocycles. The molecular formula is C20H34ClN3O2. The molecule has 0 atom stereocenters. The maximum atomic E-state index is 12.5. The molecule has 2 rings (SSSR count). The Bertz CT molecular complexity index is 516. The van der Waals surface area contributed by atoms with Crippen molar-refractivity contribution in [1.29, 1.82) is 0 Å². The summed E-state index contributed by atoms with van der Waals surface area (Å²) in [5.74, 6) is 1.88. The Morgan fingerprint density at radius 3 is 2.50 bits per heavy atom. The molecule has 6 heteroatoms. The summed E-state index contributed by atoms with van der Waals surface area (Å²) in [4.78, 5) is 16.6. The van der Waals surface area contributed by atoms with E-state index in [-0.39, 0.29) is 18.3 Å².